The third-order valence-corrected chi connectivity index (χ3v) is 4.18. The Morgan fingerprint density at radius 3 is 2.46 bits per heavy atom. The van der Waals surface area contributed by atoms with Gasteiger partial charge in [-0.05, 0) is 42.5 Å². The average molecular weight is 334 g/mol. The van der Waals surface area contributed by atoms with E-state index in [0.29, 0.717) is 24.0 Å². The lowest BCUT2D eigenvalue weighted by Gasteiger charge is -2.14. The predicted octanol–water partition coefficient (Wildman–Crippen LogP) is 4.87. The Bertz CT molecular complexity index is 549. The highest BCUT2D eigenvalue weighted by atomic mass is 16.5. The standard InChI is InChI=1S/C20H30O4/c1-6-8-9-16(7-2)14-24-20(21)12-15(3)17-10-11-18(22-4)19(13-17)23-5/h10-13,16H,6-9,14H2,1-5H3/b15-12+. The van der Waals surface area contributed by atoms with E-state index in [1.807, 2.05) is 25.1 Å². The molecule has 0 saturated heterocycles. The summed E-state index contributed by atoms with van der Waals surface area (Å²) in [5.74, 6) is 1.46. The molecule has 0 aromatic heterocycles. The molecule has 1 rings (SSSR count). The van der Waals surface area contributed by atoms with E-state index in [1.54, 1.807) is 14.2 Å². The molecule has 0 aliphatic carbocycles. The summed E-state index contributed by atoms with van der Waals surface area (Å²) in [4.78, 5) is 12.0. The zero-order valence-electron chi connectivity index (χ0n) is 15.6. The minimum Gasteiger partial charge on any atom is -0.493 e. The zero-order valence-corrected chi connectivity index (χ0v) is 15.6. The molecule has 0 fully saturated rings. The van der Waals surface area contributed by atoms with Gasteiger partial charge in [0.2, 0.25) is 0 Å². The number of benzene rings is 1. The summed E-state index contributed by atoms with van der Waals surface area (Å²) in [6.07, 6.45) is 6.03. The van der Waals surface area contributed by atoms with Gasteiger partial charge in [0.1, 0.15) is 0 Å². The van der Waals surface area contributed by atoms with Crippen LogP contribution in [-0.4, -0.2) is 26.8 Å². The summed E-state index contributed by atoms with van der Waals surface area (Å²) >= 11 is 0. The Morgan fingerprint density at radius 2 is 1.88 bits per heavy atom. The van der Waals surface area contributed by atoms with Gasteiger partial charge in [-0.1, -0.05) is 39.2 Å². The van der Waals surface area contributed by atoms with E-state index in [4.69, 9.17) is 14.2 Å². The molecular weight excluding hydrogens is 304 g/mol. The molecule has 1 unspecified atom stereocenters. The van der Waals surface area contributed by atoms with Crippen molar-refractivity contribution in [1.82, 2.24) is 0 Å². The van der Waals surface area contributed by atoms with Crippen LogP contribution < -0.4 is 9.47 Å². The van der Waals surface area contributed by atoms with Crippen LogP contribution in [0.5, 0.6) is 11.5 Å². The number of allylic oxidation sites excluding steroid dienone is 1. The van der Waals surface area contributed by atoms with Gasteiger partial charge in [0.05, 0.1) is 20.8 Å². The number of methoxy groups -OCH3 is 2. The van der Waals surface area contributed by atoms with Crippen molar-refractivity contribution < 1.29 is 19.0 Å². The summed E-state index contributed by atoms with van der Waals surface area (Å²) in [5, 5.41) is 0. The first-order valence-electron chi connectivity index (χ1n) is 8.63. The highest BCUT2D eigenvalue weighted by Gasteiger charge is 2.10. The van der Waals surface area contributed by atoms with E-state index in [1.165, 1.54) is 18.9 Å². The third kappa shape index (κ3) is 6.26. The summed E-state index contributed by atoms with van der Waals surface area (Å²) in [5.41, 5.74) is 1.74. The Balaban J connectivity index is 2.69. The van der Waals surface area contributed by atoms with Crippen molar-refractivity contribution in [2.45, 2.75) is 46.5 Å². The Labute approximate surface area is 145 Å². The minimum atomic E-state index is -0.294. The molecule has 0 saturated carbocycles. The molecule has 24 heavy (non-hydrogen) atoms. The number of esters is 1. The highest BCUT2D eigenvalue weighted by Crippen LogP contribution is 2.30. The Morgan fingerprint density at radius 1 is 1.17 bits per heavy atom. The van der Waals surface area contributed by atoms with Gasteiger partial charge in [0.25, 0.3) is 0 Å². The van der Waals surface area contributed by atoms with Gasteiger partial charge in [-0.25, -0.2) is 4.79 Å². The quantitative estimate of drug-likeness (QED) is 0.452. The monoisotopic (exact) mass is 334 g/mol. The van der Waals surface area contributed by atoms with Gasteiger partial charge in [-0.3, -0.25) is 0 Å². The van der Waals surface area contributed by atoms with Crippen molar-refractivity contribution in [3.63, 3.8) is 0 Å². The normalized spacial score (nSPS) is 12.6. The van der Waals surface area contributed by atoms with Crippen LogP contribution in [0.25, 0.3) is 5.57 Å². The second kappa shape index (κ2) is 10.7. The maximum atomic E-state index is 12.0. The Kier molecular flexibility index (Phi) is 8.98. The van der Waals surface area contributed by atoms with Crippen LogP contribution in [0, 0.1) is 5.92 Å². The number of unbranched alkanes of at least 4 members (excludes halogenated alkanes) is 1. The van der Waals surface area contributed by atoms with Crippen LogP contribution in [-0.2, 0) is 9.53 Å². The van der Waals surface area contributed by atoms with Gasteiger partial charge in [-0.15, -0.1) is 0 Å². The molecule has 0 bridgehead atoms. The summed E-state index contributed by atoms with van der Waals surface area (Å²) < 4.78 is 15.9. The van der Waals surface area contributed by atoms with Gasteiger partial charge >= 0.3 is 5.97 Å². The first-order chi connectivity index (χ1) is 11.5. The van der Waals surface area contributed by atoms with Crippen molar-refractivity contribution in [3.05, 3.63) is 29.8 Å². The van der Waals surface area contributed by atoms with Crippen molar-refractivity contribution in [1.29, 1.82) is 0 Å². The van der Waals surface area contributed by atoms with Crippen LogP contribution in [0.1, 0.15) is 52.0 Å². The molecule has 0 amide bonds. The van der Waals surface area contributed by atoms with Gasteiger partial charge in [0.15, 0.2) is 11.5 Å². The second-order valence-corrected chi connectivity index (χ2v) is 5.94. The fraction of sp³-hybridized carbons (Fsp3) is 0.550. The molecule has 0 N–H and O–H groups in total. The zero-order chi connectivity index (χ0) is 17.9. The fourth-order valence-corrected chi connectivity index (χ4v) is 2.48. The summed E-state index contributed by atoms with van der Waals surface area (Å²) in [6, 6.07) is 5.58. The van der Waals surface area contributed by atoms with Crippen LogP contribution in [0.15, 0.2) is 24.3 Å². The molecular formula is C20H30O4. The van der Waals surface area contributed by atoms with E-state index < -0.39 is 0 Å². The van der Waals surface area contributed by atoms with Crippen LogP contribution in [0.2, 0.25) is 0 Å². The van der Waals surface area contributed by atoms with E-state index in [2.05, 4.69) is 13.8 Å². The van der Waals surface area contributed by atoms with Crippen molar-refractivity contribution in [2.24, 2.45) is 5.92 Å². The number of hydrogen-bond donors (Lipinski definition) is 0. The van der Waals surface area contributed by atoms with Crippen LogP contribution in [0.3, 0.4) is 0 Å². The van der Waals surface area contributed by atoms with Crippen molar-refractivity contribution >= 4 is 11.5 Å². The lowest BCUT2D eigenvalue weighted by atomic mass is 10.0. The van der Waals surface area contributed by atoms with Gasteiger partial charge in [-0.2, -0.15) is 0 Å². The molecule has 0 heterocycles. The summed E-state index contributed by atoms with van der Waals surface area (Å²) in [7, 11) is 3.19. The summed E-state index contributed by atoms with van der Waals surface area (Å²) in [6.45, 7) is 6.69. The van der Waals surface area contributed by atoms with E-state index in [9.17, 15) is 4.79 Å². The first kappa shape index (κ1) is 20.1. The molecule has 0 aliphatic heterocycles. The SMILES string of the molecule is CCCCC(CC)COC(=O)/C=C(\C)c1ccc(OC)c(OC)c1. The number of carbonyl (C=O) groups excluding carboxylic acids is 1. The number of ether oxygens (including phenoxy) is 3. The largest absolute Gasteiger partial charge is 0.493 e. The first-order valence-corrected chi connectivity index (χ1v) is 8.63. The number of hydrogen-bond acceptors (Lipinski definition) is 4. The number of carbonyl (C=O) groups is 1. The molecule has 4 nitrogen and oxygen atoms in total. The van der Waals surface area contributed by atoms with Crippen LogP contribution >= 0.6 is 0 Å². The minimum absolute atomic E-state index is 0.294. The molecule has 134 valence electrons. The molecule has 0 aliphatic rings. The smallest absolute Gasteiger partial charge is 0.331 e. The molecule has 1 atom stereocenters. The Hall–Kier alpha value is -1.97. The third-order valence-electron chi connectivity index (χ3n) is 4.18. The molecule has 4 heteroatoms. The van der Waals surface area contributed by atoms with Crippen LogP contribution in [0.4, 0.5) is 0 Å². The van der Waals surface area contributed by atoms with E-state index >= 15 is 0 Å². The fourth-order valence-electron chi connectivity index (χ4n) is 2.48. The van der Waals surface area contributed by atoms with Crippen molar-refractivity contribution in [2.75, 3.05) is 20.8 Å². The lowest BCUT2D eigenvalue weighted by molar-refractivity contribution is -0.139. The second-order valence-electron chi connectivity index (χ2n) is 5.94. The lowest BCUT2D eigenvalue weighted by Crippen LogP contribution is -2.12. The maximum absolute atomic E-state index is 12.0. The van der Waals surface area contributed by atoms with Crippen molar-refractivity contribution in [3.8, 4) is 11.5 Å². The number of rotatable bonds is 10. The topological polar surface area (TPSA) is 44.8 Å². The molecule has 1 aromatic carbocycles. The highest BCUT2D eigenvalue weighted by molar-refractivity contribution is 5.91. The molecule has 0 radical (unpaired) electrons. The predicted molar refractivity (Wildman–Crippen MR) is 97.5 cm³/mol. The average Bonchev–Trinajstić information content (AvgIpc) is 2.61. The molecule has 1 aromatic rings. The van der Waals surface area contributed by atoms with Gasteiger partial charge < -0.3 is 14.2 Å². The molecule has 0 spiro atoms. The maximum Gasteiger partial charge on any atom is 0.331 e. The van der Waals surface area contributed by atoms with E-state index in [-0.39, 0.29) is 5.97 Å². The van der Waals surface area contributed by atoms with E-state index in [0.717, 1.165) is 24.0 Å². The van der Waals surface area contributed by atoms with Gasteiger partial charge in [0, 0.05) is 6.08 Å².